The molecule has 0 heterocycles. The Labute approximate surface area is 211 Å². The average Bonchev–Trinajstić information content (AvgIpc) is 2.79. The molecule has 0 aromatic carbocycles. The zero-order valence-corrected chi connectivity index (χ0v) is 21.5. The normalized spacial score (nSPS) is 11.3. The molecule has 36 heavy (non-hydrogen) atoms. The Morgan fingerprint density at radius 2 is 0.944 bits per heavy atom. The van der Waals surface area contributed by atoms with Crippen LogP contribution in [-0.2, 0) is 57.1 Å². The summed E-state index contributed by atoms with van der Waals surface area (Å²) in [5.41, 5.74) is -0.526. The second-order valence-corrected chi connectivity index (χ2v) is 8.15. The van der Waals surface area contributed by atoms with Gasteiger partial charge in [0.2, 0.25) is 5.78 Å². The molecule has 0 aliphatic rings. The van der Waals surface area contributed by atoms with Gasteiger partial charge in [0.1, 0.15) is 18.8 Å². The van der Waals surface area contributed by atoms with E-state index in [-0.39, 0.29) is 32.7 Å². The van der Waals surface area contributed by atoms with E-state index in [1.807, 2.05) is 0 Å². The number of carboxylic acids is 1. The fraction of sp³-hybridized carbons (Fsp3) is 0.826. The number of carbonyl (C=O) groups excluding carboxylic acids is 3. The number of carbonyl (C=O) groups is 4. The molecule has 0 aromatic heterocycles. The van der Waals surface area contributed by atoms with Crippen molar-refractivity contribution in [3.05, 3.63) is 0 Å². The number of hydrogen-bond donors (Lipinski definition) is 1. The highest BCUT2D eigenvalue weighted by molar-refractivity contribution is 6.32. The maximum Gasteiger partial charge on any atom is 0.372 e. The molecule has 13 nitrogen and oxygen atoms in total. The standard InChI is InChI=1S/C23H40O13/c1-23(2,3)36-21(26)18-34-15-14-32-11-10-30-7-6-29-8-9-31-12-13-33-16-17-35-20(25)5-4-19(24)22(27)28/h4-18H2,1-3H3,(H,27,28). The van der Waals surface area contributed by atoms with Crippen LogP contribution in [0.3, 0.4) is 0 Å². The Morgan fingerprint density at radius 3 is 1.33 bits per heavy atom. The number of rotatable bonds is 24. The molecule has 0 spiro atoms. The Hall–Kier alpha value is -2.16. The summed E-state index contributed by atoms with van der Waals surface area (Å²) in [6.07, 6.45) is -0.664. The first kappa shape index (κ1) is 33.8. The monoisotopic (exact) mass is 524 g/mol. The summed E-state index contributed by atoms with van der Waals surface area (Å²) in [7, 11) is 0. The minimum Gasteiger partial charge on any atom is -0.476 e. The number of ketones is 1. The second-order valence-electron chi connectivity index (χ2n) is 8.15. The number of hydrogen-bond acceptors (Lipinski definition) is 12. The van der Waals surface area contributed by atoms with E-state index in [0.717, 1.165) is 0 Å². The molecule has 0 radical (unpaired) electrons. The average molecular weight is 525 g/mol. The summed E-state index contributed by atoms with van der Waals surface area (Å²) in [5, 5.41) is 8.41. The van der Waals surface area contributed by atoms with Gasteiger partial charge in [-0.3, -0.25) is 9.59 Å². The topological polar surface area (TPSA) is 162 Å². The smallest absolute Gasteiger partial charge is 0.372 e. The summed E-state index contributed by atoms with van der Waals surface area (Å²) in [6, 6.07) is 0. The maximum atomic E-state index is 11.4. The molecule has 210 valence electrons. The van der Waals surface area contributed by atoms with Crippen LogP contribution in [0.5, 0.6) is 0 Å². The van der Waals surface area contributed by atoms with Crippen LogP contribution in [0.4, 0.5) is 0 Å². The van der Waals surface area contributed by atoms with E-state index < -0.39 is 29.3 Å². The van der Waals surface area contributed by atoms with E-state index in [0.29, 0.717) is 66.1 Å². The maximum absolute atomic E-state index is 11.4. The summed E-state index contributed by atoms with van der Waals surface area (Å²) in [6.45, 7) is 9.21. The first-order chi connectivity index (χ1) is 17.1. The quantitative estimate of drug-likeness (QED) is 0.105. The minimum absolute atomic E-state index is 0.0100. The van der Waals surface area contributed by atoms with Gasteiger partial charge in [-0.05, 0) is 20.8 Å². The molecule has 0 unspecified atom stereocenters. The molecular weight excluding hydrogens is 484 g/mol. The van der Waals surface area contributed by atoms with Crippen molar-refractivity contribution in [2.24, 2.45) is 0 Å². The van der Waals surface area contributed by atoms with Gasteiger partial charge in [0.25, 0.3) is 0 Å². The molecule has 0 rings (SSSR count). The third kappa shape index (κ3) is 24.9. The Balaban J connectivity index is 3.24. The molecule has 0 saturated heterocycles. The molecule has 0 amide bonds. The fourth-order valence-corrected chi connectivity index (χ4v) is 2.24. The van der Waals surface area contributed by atoms with Crippen LogP contribution in [0.15, 0.2) is 0 Å². The van der Waals surface area contributed by atoms with Crippen LogP contribution < -0.4 is 0 Å². The summed E-state index contributed by atoms with van der Waals surface area (Å²) >= 11 is 0. The van der Waals surface area contributed by atoms with Crippen LogP contribution in [0.2, 0.25) is 0 Å². The van der Waals surface area contributed by atoms with Crippen molar-refractivity contribution in [3.8, 4) is 0 Å². The summed E-state index contributed by atoms with van der Waals surface area (Å²) in [4.78, 5) is 43.9. The molecule has 0 saturated carbocycles. The van der Waals surface area contributed by atoms with E-state index in [9.17, 15) is 19.2 Å². The van der Waals surface area contributed by atoms with Crippen molar-refractivity contribution in [1.82, 2.24) is 0 Å². The zero-order valence-electron chi connectivity index (χ0n) is 21.5. The number of ether oxygens (including phenoxy) is 8. The Morgan fingerprint density at radius 1 is 0.556 bits per heavy atom. The lowest BCUT2D eigenvalue weighted by molar-refractivity contribution is -0.160. The van der Waals surface area contributed by atoms with E-state index in [2.05, 4.69) is 0 Å². The van der Waals surface area contributed by atoms with Crippen LogP contribution in [0.1, 0.15) is 33.6 Å². The van der Waals surface area contributed by atoms with Gasteiger partial charge in [0.05, 0.1) is 79.1 Å². The van der Waals surface area contributed by atoms with Crippen LogP contribution in [0.25, 0.3) is 0 Å². The van der Waals surface area contributed by atoms with Crippen molar-refractivity contribution in [1.29, 1.82) is 0 Å². The lowest BCUT2D eigenvalue weighted by Gasteiger charge is -2.19. The molecule has 0 bridgehead atoms. The van der Waals surface area contributed by atoms with E-state index in [1.165, 1.54) is 0 Å². The predicted octanol–water partition coefficient (Wildman–Crippen LogP) is 0.405. The van der Waals surface area contributed by atoms with E-state index >= 15 is 0 Å². The molecule has 0 aromatic rings. The third-order valence-electron chi connectivity index (χ3n) is 3.79. The molecular formula is C23H40O13. The van der Waals surface area contributed by atoms with Gasteiger partial charge >= 0.3 is 17.9 Å². The number of carboxylic acid groups (broad SMARTS) is 1. The number of aliphatic carboxylic acids is 1. The minimum atomic E-state index is -1.57. The van der Waals surface area contributed by atoms with Gasteiger partial charge < -0.3 is 43.0 Å². The van der Waals surface area contributed by atoms with Crippen molar-refractivity contribution in [2.75, 3.05) is 85.9 Å². The van der Waals surface area contributed by atoms with Gasteiger partial charge in [-0.15, -0.1) is 0 Å². The van der Waals surface area contributed by atoms with Crippen molar-refractivity contribution >= 4 is 23.7 Å². The van der Waals surface area contributed by atoms with E-state index in [1.54, 1.807) is 20.8 Å². The molecule has 0 aliphatic heterocycles. The lowest BCUT2D eigenvalue weighted by Crippen LogP contribution is -2.27. The van der Waals surface area contributed by atoms with Gasteiger partial charge in [-0.2, -0.15) is 0 Å². The van der Waals surface area contributed by atoms with Gasteiger partial charge in [0, 0.05) is 6.42 Å². The highest BCUT2D eigenvalue weighted by atomic mass is 16.6. The first-order valence-corrected chi connectivity index (χ1v) is 11.7. The van der Waals surface area contributed by atoms with E-state index in [4.69, 9.17) is 43.0 Å². The molecule has 0 atom stereocenters. The van der Waals surface area contributed by atoms with Gasteiger partial charge in [-0.1, -0.05) is 0 Å². The largest absolute Gasteiger partial charge is 0.476 e. The molecule has 13 heteroatoms. The van der Waals surface area contributed by atoms with Crippen molar-refractivity contribution in [2.45, 2.75) is 39.2 Å². The number of esters is 2. The van der Waals surface area contributed by atoms with Crippen LogP contribution in [0, 0.1) is 0 Å². The van der Waals surface area contributed by atoms with Gasteiger partial charge in [0.15, 0.2) is 0 Å². The Bertz CT molecular complexity index is 616. The van der Waals surface area contributed by atoms with Gasteiger partial charge in [-0.25, -0.2) is 9.59 Å². The molecule has 1 N–H and O–H groups in total. The van der Waals surface area contributed by atoms with Crippen LogP contribution in [-0.4, -0.2) is 120 Å². The SMILES string of the molecule is CC(C)(C)OC(=O)COCCOCCOCCOCCOCCOCCOC(=O)CCC(=O)C(=O)O. The highest BCUT2D eigenvalue weighted by Crippen LogP contribution is 2.06. The molecule has 0 aliphatic carbocycles. The third-order valence-corrected chi connectivity index (χ3v) is 3.79. The summed E-state index contributed by atoms with van der Waals surface area (Å²) < 4.78 is 41.7. The molecule has 0 fully saturated rings. The van der Waals surface area contributed by atoms with Crippen molar-refractivity contribution in [3.63, 3.8) is 0 Å². The van der Waals surface area contributed by atoms with Crippen LogP contribution >= 0.6 is 0 Å². The highest BCUT2D eigenvalue weighted by Gasteiger charge is 2.16. The lowest BCUT2D eigenvalue weighted by atomic mass is 10.2. The zero-order chi connectivity index (χ0) is 27.1. The Kier molecular flexibility index (Phi) is 20.7. The number of Topliss-reactive ketones (excluding diaryl/α,β-unsaturated/α-hetero) is 1. The first-order valence-electron chi connectivity index (χ1n) is 11.7. The predicted molar refractivity (Wildman–Crippen MR) is 124 cm³/mol. The second kappa shape index (κ2) is 22.1. The fourth-order valence-electron chi connectivity index (χ4n) is 2.24. The summed E-state index contributed by atoms with van der Waals surface area (Å²) in [5.74, 6) is -3.66. The van der Waals surface area contributed by atoms with Crippen molar-refractivity contribution < 1.29 is 62.2 Å².